The van der Waals surface area contributed by atoms with E-state index in [0.717, 1.165) is 11.8 Å². The summed E-state index contributed by atoms with van der Waals surface area (Å²) in [5.74, 6) is -1.45. The lowest BCUT2D eigenvalue weighted by atomic mass is 10.2. The van der Waals surface area contributed by atoms with Crippen molar-refractivity contribution in [2.45, 2.75) is 0 Å². The van der Waals surface area contributed by atoms with E-state index in [1.165, 1.54) is 29.4 Å². The first-order valence-electron chi connectivity index (χ1n) is 7.36. The Kier molecular flexibility index (Phi) is 5.19. The van der Waals surface area contributed by atoms with Crippen molar-refractivity contribution in [1.82, 2.24) is 4.90 Å². The van der Waals surface area contributed by atoms with Crippen LogP contribution in [0.25, 0.3) is 6.08 Å². The molecule has 9 heteroatoms. The summed E-state index contributed by atoms with van der Waals surface area (Å²) in [6.45, 7) is -0.266. The standard InChI is InChI=1S/C17H12N2O5S2/c20-14(18-11-4-1-3-10(7-11)16(22)23)9-19-15(21)13(26-17(19)25)8-12-5-2-6-24-12/h1-8H,9H2,(H,18,20)(H,22,23)/b13-8+. The molecule has 1 aliphatic rings. The molecule has 0 saturated carbocycles. The van der Waals surface area contributed by atoms with Gasteiger partial charge in [0, 0.05) is 11.8 Å². The molecule has 0 atom stereocenters. The van der Waals surface area contributed by atoms with Gasteiger partial charge in [0.15, 0.2) is 0 Å². The molecule has 1 fully saturated rings. The van der Waals surface area contributed by atoms with E-state index in [2.05, 4.69) is 5.32 Å². The molecule has 2 heterocycles. The first-order chi connectivity index (χ1) is 12.4. The molecule has 2 amide bonds. The highest BCUT2D eigenvalue weighted by atomic mass is 32.2. The fourth-order valence-electron chi connectivity index (χ4n) is 2.21. The Morgan fingerprint density at radius 2 is 2.12 bits per heavy atom. The second-order valence-electron chi connectivity index (χ2n) is 5.22. The van der Waals surface area contributed by atoms with Gasteiger partial charge in [-0.2, -0.15) is 0 Å². The number of carbonyl (C=O) groups is 3. The molecule has 0 radical (unpaired) electrons. The number of thioether (sulfide) groups is 1. The molecule has 1 aliphatic heterocycles. The minimum atomic E-state index is -1.10. The third-order valence-corrected chi connectivity index (χ3v) is 4.76. The number of furan rings is 1. The zero-order valence-corrected chi connectivity index (χ0v) is 14.8. The molecule has 1 aromatic carbocycles. The van der Waals surface area contributed by atoms with Crippen molar-refractivity contribution < 1.29 is 23.9 Å². The number of carboxylic acid groups (broad SMARTS) is 1. The molecule has 0 unspecified atom stereocenters. The lowest BCUT2D eigenvalue weighted by Gasteiger charge is -2.14. The third-order valence-electron chi connectivity index (χ3n) is 3.39. The van der Waals surface area contributed by atoms with E-state index in [4.69, 9.17) is 21.7 Å². The van der Waals surface area contributed by atoms with Crippen LogP contribution < -0.4 is 5.32 Å². The van der Waals surface area contributed by atoms with Gasteiger partial charge in [-0.3, -0.25) is 14.5 Å². The second kappa shape index (κ2) is 7.54. The van der Waals surface area contributed by atoms with Crippen LogP contribution in [0.5, 0.6) is 0 Å². The first kappa shape index (κ1) is 17.9. The Bertz CT molecular complexity index is 921. The van der Waals surface area contributed by atoms with Gasteiger partial charge in [-0.25, -0.2) is 4.79 Å². The minimum absolute atomic E-state index is 0.0507. The number of nitrogens with one attached hydrogen (secondary N) is 1. The maximum absolute atomic E-state index is 12.4. The van der Waals surface area contributed by atoms with Crippen LogP contribution in [0.2, 0.25) is 0 Å². The molecule has 3 rings (SSSR count). The molecule has 26 heavy (non-hydrogen) atoms. The minimum Gasteiger partial charge on any atom is -0.478 e. The summed E-state index contributed by atoms with van der Waals surface area (Å²) in [7, 11) is 0. The highest BCUT2D eigenvalue weighted by Crippen LogP contribution is 2.32. The number of hydrogen-bond acceptors (Lipinski definition) is 6. The van der Waals surface area contributed by atoms with Gasteiger partial charge < -0.3 is 14.8 Å². The maximum Gasteiger partial charge on any atom is 0.335 e. The molecular formula is C17H12N2O5S2. The van der Waals surface area contributed by atoms with Gasteiger partial charge in [-0.05, 0) is 30.3 Å². The SMILES string of the molecule is O=C(CN1C(=O)/C(=C\c2ccco2)SC1=S)Nc1cccc(C(=O)O)c1. The molecule has 0 aliphatic carbocycles. The zero-order chi connectivity index (χ0) is 18.7. The average molecular weight is 388 g/mol. The smallest absolute Gasteiger partial charge is 0.335 e. The highest BCUT2D eigenvalue weighted by Gasteiger charge is 2.33. The van der Waals surface area contributed by atoms with Gasteiger partial charge in [0.05, 0.1) is 16.7 Å². The number of thiocarbonyl (C=S) groups is 1. The Hall–Kier alpha value is -2.91. The number of benzene rings is 1. The van der Waals surface area contributed by atoms with Crippen LogP contribution in [0, 0.1) is 0 Å². The molecular weight excluding hydrogens is 376 g/mol. The molecule has 2 aromatic rings. The topological polar surface area (TPSA) is 99.9 Å². The van der Waals surface area contributed by atoms with Gasteiger partial charge in [0.1, 0.15) is 16.6 Å². The number of carbonyl (C=O) groups excluding carboxylic acids is 2. The fraction of sp³-hybridized carbons (Fsp3) is 0.0588. The maximum atomic E-state index is 12.4. The summed E-state index contributed by atoms with van der Waals surface area (Å²) in [6, 6.07) is 9.23. The Balaban J connectivity index is 1.67. The van der Waals surface area contributed by atoms with E-state index >= 15 is 0 Å². The summed E-state index contributed by atoms with van der Waals surface area (Å²) in [4.78, 5) is 37.2. The summed E-state index contributed by atoms with van der Waals surface area (Å²) in [5, 5.41) is 11.5. The van der Waals surface area contributed by atoms with E-state index in [-0.39, 0.29) is 22.3 Å². The summed E-state index contributed by atoms with van der Waals surface area (Å²) in [5.41, 5.74) is 0.376. The van der Waals surface area contributed by atoms with E-state index < -0.39 is 11.9 Å². The van der Waals surface area contributed by atoms with Crippen LogP contribution in [-0.4, -0.2) is 38.7 Å². The van der Waals surface area contributed by atoms with Gasteiger partial charge in [-0.1, -0.05) is 30.0 Å². The monoisotopic (exact) mass is 388 g/mol. The van der Waals surface area contributed by atoms with Crippen LogP contribution in [-0.2, 0) is 9.59 Å². The van der Waals surface area contributed by atoms with Crippen LogP contribution in [0.3, 0.4) is 0 Å². The van der Waals surface area contributed by atoms with E-state index in [9.17, 15) is 14.4 Å². The first-order valence-corrected chi connectivity index (χ1v) is 8.58. The fourth-order valence-corrected chi connectivity index (χ4v) is 3.45. The Morgan fingerprint density at radius 1 is 1.31 bits per heavy atom. The van der Waals surface area contributed by atoms with Crippen LogP contribution >= 0.6 is 24.0 Å². The molecule has 1 saturated heterocycles. The molecule has 0 bridgehead atoms. The Labute approximate surface area is 157 Å². The number of nitrogens with zero attached hydrogens (tertiary/aromatic N) is 1. The zero-order valence-electron chi connectivity index (χ0n) is 13.2. The van der Waals surface area contributed by atoms with Crippen LogP contribution in [0.15, 0.2) is 52.0 Å². The largest absolute Gasteiger partial charge is 0.478 e. The molecule has 2 N–H and O–H groups in total. The quantitative estimate of drug-likeness (QED) is 0.600. The predicted molar refractivity (Wildman–Crippen MR) is 101 cm³/mol. The van der Waals surface area contributed by atoms with Crippen molar-refractivity contribution in [2.75, 3.05) is 11.9 Å². The molecule has 132 valence electrons. The number of amides is 2. The predicted octanol–water partition coefficient (Wildman–Crippen LogP) is 2.82. The van der Waals surface area contributed by atoms with Crippen molar-refractivity contribution in [2.24, 2.45) is 0 Å². The lowest BCUT2D eigenvalue weighted by Crippen LogP contribution is -2.36. The number of rotatable bonds is 5. The van der Waals surface area contributed by atoms with Crippen LogP contribution in [0.4, 0.5) is 5.69 Å². The van der Waals surface area contributed by atoms with Crippen LogP contribution in [0.1, 0.15) is 16.1 Å². The number of aromatic carboxylic acids is 1. The van der Waals surface area contributed by atoms with Crippen molar-refractivity contribution in [3.63, 3.8) is 0 Å². The summed E-state index contributed by atoms with van der Waals surface area (Å²) in [6.07, 6.45) is 3.05. The molecule has 7 nitrogen and oxygen atoms in total. The Morgan fingerprint density at radius 3 is 2.81 bits per heavy atom. The van der Waals surface area contributed by atoms with Crippen molar-refractivity contribution in [3.05, 3.63) is 58.9 Å². The highest BCUT2D eigenvalue weighted by molar-refractivity contribution is 8.26. The lowest BCUT2D eigenvalue weighted by molar-refractivity contribution is -0.126. The molecule has 1 aromatic heterocycles. The summed E-state index contributed by atoms with van der Waals surface area (Å²) >= 11 is 6.25. The van der Waals surface area contributed by atoms with Gasteiger partial charge in [0.2, 0.25) is 5.91 Å². The van der Waals surface area contributed by atoms with Crippen molar-refractivity contribution in [1.29, 1.82) is 0 Å². The number of carboxylic acids is 1. The van der Waals surface area contributed by atoms with Crippen molar-refractivity contribution >= 4 is 57.8 Å². The number of hydrogen-bond donors (Lipinski definition) is 2. The third kappa shape index (κ3) is 4.01. The van der Waals surface area contributed by atoms with E-state index in [0.29, 0.717) is 16.4 Å². The normalized spacial score (nSPS) is 15.5. The average Bonchev–Trinajstić information content (AvgIpc) is 3.19. The van der Waals surface area contributed by atoms with Crippen molar-refractivity contribution in [3.8, 4) is 0 Å². The number of anilines is 1. The van der Waals surface area contributed by atoms with E-state index in [1.807, 2.05) is 0 Å². The van der Waals surface area contributed by atoms with Gasteiger partial charge in [0.25, 0.3) is 5.91 Å². The van der Waals surface area contributed by atoms with Gasteiger partial charge in [-0.15, -0.1) is 0 Å². The van der Waals surface area contributed by atoms with Gasteiger partial charge >= 0.3 is 5.97 Å². The second-order valence-corrected chi connectivity index (χ2v) is 6.89. The van der Waals surface area contributed by atoms with E-state index in [1.54, 1.807) is 24.3 Å². The summed E-state index contributed by atoms with van der Waals surface area (Å²) < 4.78 is 5.44. The molecule has 0 spiro atoms.